The molecule has 3 N–H and O–H groups in total. The van der Waals surface area contributed by atoms with Gasteiger partial charge in [-0.2, -0.15) is 5.10 Å². The smallest absolute Gasteiger partial charge is 0.277 e. The molecule has 0 aliphatic carbocycles. The van der Waals surface area contributed by atoms with Crippen LogP contribution in [-0.4, -0.2) is 39.7 Å². The van der Waals surface area contributed by atoms with Gasteiger partial charge >= 0.3 is 0 Å². The summed E-state index contributed by atoms with van der Waals surface area (Å²) in [5, 5.41) is 7.10. The van der Waals surface area contributed by atoms with Gasteiger partial charge in [-0.1, -0.05) is 0 Å². The molecular weight excluding hydrogens is 363 g/mol. The van der Waals surface area contributed by atoms with Crippen LogP contribution in [0.3, 0.4) is 0 Å². The van der Waals surface area contributed by atoms with Crippen molar-refractivity contribution in [2.45, 2.75) is 32.7 Å². The Balaban J connectivity index is 0.00000264. The lowest BCUT2D eigenvalue weighted by molar-refractivity contribution is 0.0118. The summed E-state index contributed by atoms with van der Waals surface area (Å²) in [7, 11) is 0. The van der Waals surface area contributed by atoms with Gasteiger partial charge in [-0.25, -0.2) is 18.4 Å². The van der Waals surface area contributed by atoms with E-state index in [-0.39, 0.29) is 36.4 Å². The maximum atomic E-state index is 13.1. The number of carbonyl (C=O) groups excluding carboxylic acids is 1. The number of hydrogen-bond acceptors (Lipinski definition) is 4. The van der Waals surface area contributed by atoms with Crippen molar-refractivity contribution in [3.05, 3.63) is 23.5 Å². The third-order valence-electron chi connectivity index (χ3n) is 3.30. The molecule has 0 atom stereocenters. The first kappa shape index (κ1) is 22.5. The molecule has 0 saturated heterocycles. The number of rotatable bonds is 5. The second-order valence-electron chi connectivity index (χ2n) is 5.46. The van der Waals surface area contributed by atoms with Crippen LogP contribution in [0.25, 0.3) is 11.0 Å². The fourth-order valence-corrected chi connectivity index (χ4v) is 2.05. The van der Waals surface area contributed by atoms with E-state index >= 15 is 0 Å². The highest BCUT2D eigenvalue weighted by atomic mass is 35.5. The molecule has 10 heteroatoms. The van der Waals surface area contributed by atoms with Gasteiger partial charge in [0.1, 0.15) is 0 Å². The summed E-state index contributed by atoms with van der Waals surface area (Å²) in [5.41, 5.74) is 6.32. The number of nitrogens with zero attached hydrogens (tertiary/aromatic N) is 3. The fourth-order valence-electron chi connectivity index (χ4n) is 2.05. The van der Waals surface area contributed by atoms with Gasteiger partial charge < -0.3 is 11.1 Å². The molecule has 0 fully saturated rings. The highest BCUT2D eigenvalue weighted by molar-refractivity contribution is 5.98. The lowest BCUT2D eigenvalue weighted by Crippen LogP contribution is -2.41. The Bertz CT molecular complexity index is 706. The molecule has 0 unspecified atom stereocenters. The second-order valence-corrected chi connectivity index (χ2v) is 5.46. The van der Waals surface area contributed by atoms with E-state index in [2.05, 4.69) is 15.4 Å². The van der Waals surface area contributed by atoms with Crippen LogP contribution in [0.4, 0.5) is 8.78 Å². The summed E-state index contributed by atoms with van der Waals surface area (Å²) in [6.45, 7) is 3.99. The molecular formula is C14H21Cl2F2N5O. The van der Waals surface area contributed by atoms with Gasteiger partial charge in [0, 0.05) is 11.4 Å². The molecule has 0 spiro atoms. The van der Waals surface area contributed by atoms with Crippen LogP contribution in [-0.2, 0) is 0 Å². The lowest BCUT2D eigenvalue weighted by Gasteiger charge is -2.15. The van der Waals surface area contributed by atoms with Gasteiger partial charge in [-0.3, -0.25) is 4.79 Å². The van der Waals surface area contributed by atoms with E-state index in [4.69, 9.17) is 5.73 Å². The average Bonchev–Trinajstić information content (AvgIpc) is 2.86. The molecule has 1 amide bonds. The van der Waals surface area contributed by atoms with Crippen molar-refractivity contribution in [3.8, 4) is 0 Å². The number of nitrogens with two attached hydrogens (primary N) is 1. The normalized spacial score (nSPS) is 11.1. The maximum absolute atomic E-state index is 13.1. The Hall–Kier alpha value is -1.51. The monoisotopic (exact) mass is 383 g/mol. The summed E-state index contributed by atoms with van der Waals surface area (Å²) >= 11 is 0. The zero-order valence-electron chi connectivity index (χ0n) is 13.5. The number of amides is 1. The van der Waals surface area contributed by atoms with Gasteiger partial charge in [0.05, 0.1) is 30.5 Å². The Morgan fingerprint density at radius 2 is 2.04 bits per heavy atom. The number of hydrogen-bond donors (Lipinski definition) is 2. The molecule has 6 nitrogen and oxygen atoms in total. The molecule has 0 aliphatic heterocycles. The molecule has 24 heavy (non-hydrogen) atoms. The van der Waals surface area contributed by atoms with Crippen molar-refractivity contribution in [2.75, 3.05) is 13.1 Å². The molecule has 2 heterocycles. The number of aromatic nitrogens is 3. The van der Waals surface area contributed by atoms with Crippen molar-refractivity contribution < 1.29 is 13.6 Å². The predicted molar refractivity (Wildman–Crippen MR) is 93.5 cm³/mol. The average molecular weight is 384 g/mol. The molecule has 2 rings (SSSR count). The third kappa shape index (κ3) is 4.75. The van der Waals surface area contributed by atoms with E-state index in [0.29, 0.717) is 16.7 Å². The van der Waals surface area contributed by atoms with E-state index in [0.717, 1.165) is 0 Å². The van der Waals surface area contributed by atoms with Crippen LogP contribution in [0, 0.1) is 6.92 Å². The van der Waals surface area contributed by atoms with Gasteiger partial charge in [0.2, 0.25) is 0 Å². The molecule has 0 aromatic carbocycles. The highest BCUT2D eigenvalue weighted by Crippen LogP contribution is 2.19. The minimum atomic E-state index is -3.12. The van der Waals surface area contributed by atoms with Crippen LogP contribution >= 0.6 is 24.8 Å². The zero-order valence-corrected chi connectivity index (χ0v) is 15.2. The van der Waals surface area contributed by atoms with Gasteiger partial charge in [0.15, 0.2) is 5.65 Å². The van der Waals surface area contributed by atoms with Crippen molar-refractivity contribution in [2.24, 2.45) is 5.73 Å². The predicted octanol–water partition coefficient (Wildman–Crippen LogP) is 2.49. The molecule has 0 radical (unpaired) electrons. The quantitative estimate of drug-likeness (QED) is 0.830. The minimum Gasteiger partial charge on any atom is -0.346 e. The van der Waals surface area contributed by atoms with Gasteiger partial charge in [-0.05, 0) is 26.8 Å². The second kappa shape index (κ2) is 8.55. The SMILES string of the molecule is Cc1nc2c(cnn2C(C)C)cc1C(=O)NCC(F)(F)CN.Cl.Cl. The summed E-state index contributed by atoms with van der Waals surface area (Å²) in [6.07, 6.45) is 1.60. The maximum Gasteiger partial charge on any atom is 0.277 e. The lowest BCUT2D eigenvalue weighted by atomic mass is 10.1. The molecule has 0 bridgehead atoms. The summed E-state index contributed by atoms with van der Waals surface area (Å²) in [6, 6.07) is 1.74. The van der Waals surface area contributed by atoms with Crippen LogP contribution in [0.5, 0.6) is 0 Å². The summed E-state index contributed by atoms with van der Waals surface area (Å²) in [4.78, 5) is 16.4. The molecule has 0 aliphatic rings. The molecule has 2 aromatic heterocycles. The molecule has 136 valence electrons. The van der Waals surface area contributed by atoms with Crippen molar-refractivity contribution in [1.29, 1.82) is 0 Å². The van der Waals surface area contributed by atoms with Crippen molar-refractivity contribution in [3.63, 3.8) is 0 Å². The molecule has 0 saturated carbocycles. The number of halogens is 4. The number of alkyl halides is 2. The Morgan fingerprint density at radius 3 is 2.58 bits per heavy atom. The first-order chi connectivity index (χ1) is 10.2. The topological polar surface area (TPSA) is 85.8 Å². The first-order valence-electron chi connectivity index (χ1n) is 6.96. The van der Waals surface area contributed by atoms with E-state index in [1.54, 1.807) is 23.9 Å². The van der Waals surface area contributed by atoms with Crippen LogP contribution in [0.2, 0.25) is 0 Å². The number of aryl methyl sites for hydroxylation is 1. The van der Waals surface area contributed by atoms with Crippen molar-refractivity contribution >= 4 is 41.8 Å². The van der Waals surface area contributed by atoms with Crippen LogP contribution in [0.1, 0.15) is 35.9 Å². The standard InChI is InChI=1S/C14H19F2N5O.2ClH/c1-8(2)21-12-10(5-19-21)4-11(9(3)20-12)13(22)18-7-14(15,16)6-17;;/h4-5,8H,6-7,17H2,1-3H3,(H,18,22);2*1H. The van der Waals surface area contributed by atoms with E-state index < -0.39 is 24.9 Å². The number of carbonyl (C=O) groups is 1. The molecule has 2 aromatic rings. The Morgan fingerprint density at radius 1 is 1.42 bits per heavy atom. The van der Waals surface area contributed by atoms with E-state index in [9.17, 15) is 13.6 Å². The number of pyridine rings is 1. The fraction of sp³-hybridized carbons (Fsp3) is 0.500. The Labute approximate surface area is 151 Å². The van der Waals surface area contributed by atoms with E-state index in [1.807, 2.05) is 13.8 Å². The minimum absolute atomic E-state index is 0. The number of nitrogens with one attached hydrogen (secondary N) is 1. The van der Waals surface area contributed by atoms with Crippen LogP contribution in [0.15, 0.2) is 12.3 Å². The summed E-state index contributed by atoms with van der Waals surface area (Å²) in [5.74, 6) is -3.72. The highest BCUT2D eigenvalue weighted by Gasteiger charge is 2.27. The van der Waals surface area contributed by atoms with Crippen molar-refractivity contribution in [1.82, 2.24) is 20.1 Å². The first-order valence-corrected chi connectivity index (χ1v) is 6.96. The third-order valence-corrected chi connectivity index (χ3v) is 3.30. The van der Waals surface area contributed by atoms with Crippen LogP contribution < -0.4 is 11.1 Å². The largest absolute Gasteiger partial charge is 0.346 e. The van der Waals surface area contributed by atoms with Gasteiger partial charge in [0.25, 0.3) is 11.8 Å². The van der Waals surface area contributed by atoms with E-state index in [1.165, 1.54) is 0 Å². The summed E-state index contributed by atoms with van der Waals surface area (Å²) < 4.78 is 28.0. The zero-order chi connectivity index (χ0) is 16.5. The number of fused-ring (bicyclic) bond motifs is 1. The Kier molecular flexibility index (Phi) is 8.01. The van der Waals surface area contributed by atoms with Gasteiger partial charge in [-0.15, -0.1) is 24.8 Å².